The number of ether oxygens (including phenoxy) is 1. The monoisotopic (exact) mass is 858 g/mol. The number of carbonyl (C=O) groups is 2. The van der Waals surface area contributed by atoms with Gasteiger partial charge in [-0.2, -0.15) is 0 Å². The van der Waals surface area contributed by atoms with Crippen molar-refractivity contribution < 1.29 is 24.5 Å². The number of aliphatic hydroxyl groups excluding tert-OH is 2. The minimum Gasteiger partial charge on any atom is -0.462 e. The summed E-state index contributed by atoms with van der Waals surface area (Å²) in [5, 5.41) is 23.8. The molecule has 0 heterocycles. The molecule has 0 radical (unpaired) electrons. The van der Waals surface area contributed by atoms with Crippen LogP contribution in [0.2, 0.25) is 0 Å². The van der Waals surface area contributed by atoms with E-state index in [1.54, 1.807) is 0 Å². The van der Waals surface area contributed by atoms with Crippen LogP contribution in [0.4, 0.5) is 0 Å². The fraction of sp³-hybridized carbons (Fsp3) is 0.855. The van der Waals surface area contributed by atoms with Crippen LogP contribution in [0.25, 0.3) is 0 Å². The topological polar surface area (TPSA) is 95.9 Å². The molecule has 0 aromatic heterocycles. The number of esters is 1. The molecule has 0 aliphatic rings. The van der Waals surface area contributed by atoms with E-state index in [4.69, 9.17) is 4.74 Å². The van der Waals surface area contributed by atoms with E-state index >= 15 is 0 Å². The van der Waals surface area contributed by atoms with Crippen molar-refractivity contribution >= 4 is 11.9 Å². The summed E-state index contributed by atoms with van der Waals surface area (Å²) in [5.74, 6) is -0.531. The van der Waals surface area contributed by atoms with Crippen LogP contribution in [0.15, 0.2) is 36.5 Å². The first-order valence-corrected chi connectivity index (χ1v) is 26.7. The molecule has 358 valence electrons. The second kappa shape index (κ2) is 49.1. The highest BCUT2D eigenvalue weighted by Gasteiger charge is 2.24. The summed E-state index contributed by atoms with van der Waals surface area (Å²) in [7, 11) is 0. The summed E-state index contributed by atoms with van der Waals surface area (Å²) in [6.07, 6.45) is 57.8. The van der Waals surface area contributed by atoms with Gasteiger partial charge in [-0.25, -0.2) is 0 Å². The Labute approximate surface area is 379 Å². The summed E-state index contributed by atoms with van der Waals surface area (Å²) in [6, 6.07) is -0.717. The summed E-state index contributed by atoms with van der Waals surface area (Å²) in [4.78, 5) is 26.1. The fourth-order valence-corrected chi connectivity index (χ4v) is 8.13. The molecule has 3 atom stereocenters. The molecule has 0 aliphatic heterocycles. The van der Waals surface area contributed by atoms with Crippen LogP contribution < -0.4 is 5.32 Å². The predicted molar refractivity (Wildman–Crippen MR) is 264 cm³/mol. The molecule has 0 saturated carbocycles. The Balaban J connectivity index is 4.62. The number of aliphatic hydroxyl groups is 2. The smallest absolute Gasteiger partial charge is 0.306 e. The average molecular weight is 858 g/mol. The Bertz CT molecular complexity index is 1010. The molecule has 0 aliphatic carbocycles. The highest BCUT2D eigenvalue weighted by atomic mass is 16.5. The van der Waals surface area contributed by atoms with E-state index in [-0.39, 0.29) is 24.9 Å². The molecule has 0 rings (SSSR count). The van der Waals surface area contributed by atoms with Crippen molar-refractivity contribution in [1.29, 1.82) is 0 Å². The van der Waals surface area contributed by atoms with Crippen LogP contribution >= 0.6 is 0 Å². The van der Waals surface area contributed by atoms with Gasteiger partial charge in [0.05, 0.1) is 25.2 Å². The highest BCUT2D eigenvalue weighted by molar-refractivity contribution is 5.77. The lowest BCUT2D eigenvalue weighted by Crippen LogP contribution is -2.46. The molecule has 3 unspecified atom stereocenters. The van der Waals surface area contributed by atoms with E-state index in [1.807, 2.05) is 0 Å². The maximum absolute atomic E-state index is 13.2. The molecule has 1 amide bonds. The molecule has 0 bridgehead atoms. The number of amides is 1. The Kier molecular flexibility index (Phi) is 47.6. The van der Waals surface area contributed by atoms with E-state index < -0.39 is 18.2 Å². The van der Waals surface area contributed by atoms with Gasteiger partial charge in [-0.05, 0) is 70.6 Å². The van der Waals surface area contributed by atoms with Gasteiger partial charge < -0.3 is 20.3 Å². The number of carbonyl (C=O) groups excluding carboxylic acids is 2. The maximum Gasteiger partial charge on any atom is 0.306 e. The zero-order valence-electron chi connectivity index (χ0n) is 40.8. The zero-order valence-corrected chi connectivity index (χ0v) is 40.8. The lowest BCUT2D eigenvalue weighted by atomic mass is 10.0. The Morgan fingerprint density at radius 1 is 0.475 bits per heavy atom. The molecule has 0 spiro atoms. The number of rotatable bonds is 48. The summed E-state index contributed by atoms with van der Waals surface area (Å²) >= 11 is 0. The van der Waals surface area contributed by atoms with Gasteiger partial charge in [0.2, 0.25) is 5.91 Å². The van der Waals surface area contributed by atoms with E-state index in [9.17, 15) is 19.8 Å². The van der Waals surface area contributed by atoms with Crippen molar-refractivity contribution in [2.24, 2.45) is 0 Å². The van der Waals surface area contributed by atoms with Gasteiger partial charge in [-0.1, -0.05) is 231 Å². The minimum atomic E-state index is -0.800. The van der Waals surface area contributed by atoms with Crippen LogP contribution in [-0.4, -0.2) is 46.9 Å². The second-order valence-corrected chi connectivity index (χ2v) is 18.3. The minimum absolute atomic E-state index is 0.0411. The third kappa shape index (κ3) is 44.5. The number of allylic oxidation sites excluding steroid dienone is 6. The molecule has 6 nitrogen and oxygen atoms in total. The zero-order chi connectivity index (χ0) is 44.5. The number of unbranched alkanes of at least 4 members (excludes halogenated alkanes) is 31. The van der Waals surface area contributed by atoms with E-state index in [2.05, 4.69) is 62.5 Å². The highest BCUT2D eigenvalue weighted by Crippen LogP contribution is 2.17. The van der Waals surface area contributed by atoms with Gasteiger partial charge in [-0.15, -0.1) is 0 Å². The summed E-state index contributed by atoms with van der Waals surface area (Å²) in [6.45, 7) is 6.47. The van der Waals surface area contributed by atoms with Gasteiger partial charge in [0.25, 0.3) is 0 Å². The van der Waals surface area contributed by atoms with Gasteiger partial charge in [0.15, 0.2) is 0 Å². The quantitative estimate of drug-likeness (QED) is 0.0245. The molecular weight excluding hydrogens is 755 g/mol. The molecule has 0 fully saturated rings. The normalized spacial score (nSPS) is 13.5. The van der Waals surface area contributed by atoms with Crippen LogP contribution in [0.3, 0.4) is 0 Å². The van der Waals surface area contributed by atoms with Crippen molar-refractivity contribution in [2.45, 2.75) is 296 Å². The van der Waals surface area contributed by atoms with Crippen molar-refractivity contribution in [2.75, 3.05) is 6.61 Å². The van der Waals surface area contributed by atoms with Crippen LogP contribution in [0, 0.1) is 0 Å². The first kappa shape index (κ1) is 59.1. The van der Waals surface area contributed by atoms with Gasteiger partial charge in [0, 0.05) is 6.42 Å². The van der Waals surface area contributed by atoms with E-state index in [0.717, 1.165) is 70.6 Å². The lowest BCUT2D eigenvalue weighted by molar-refractivity contribution is -0.151. The molecule has 0 saturated heterocycles. The Morgan fingerprint density at radius 2 is 0.852 bits per heavy atom. The molecule has 6 heteroatoms. The lowest BCUT2D eigenvalue weighted by Gasteiger charge is -2.24. The summed E-state index contributed by atoms with van der Waals surface area (Å²) < 4.78 is 5.90. The van der Waals surface area contributed by atoms with Crippen molar-refractivity contribution in [3.8, 4) is 0 Å². The average Bonchev–Trinajstić information content (AvgIpc) is 3.25. The van der Waals surface area contributed by atoms with Crippen molar-refractivity contribution in [3.63, 3.8) is 0 Å². The predicted octanol–water partition coefficient (Wildman–Crippen LogP) is 16.1. The van der Waals surface area contributed by atoms with Crippen molar-refractivity contribution in [1.82, 2.24) is 5.32 Å². The maximum atomic E-state index is 13.2. The SMILES string of the molecule is CCCCCCCC/C=C\CCCCCC(=O)OC(CCC/C=C/C=C/CCCCCCCCC)CC(=O)NC(CO)C(O)CCCCCCCCCCCCCCCCC. The van der Waals surface area contributed by atoms with Gasteiger partial charge in [0.1, 0.15) is 6.10 Å². The number of hydrogen-bond acceptors (Lipinski definition) is 5. The Morgan fingerprint density at radius 3 is 1.30 bits per heavy atom. The summed E-state index contributed by atoms with van der Waals surface area (Å²) in [5.41, 5.74) is 0. The molecule has 3 N–H and O–H groups in total. The number of nitrogens with one attached hydrogen (secondary N) is 1. The van der Waals surface area contributed by atoms with Crippen molar-refractivity contribution in [3.05, 3.63) is 36.5 Å². The largest absolute Gasteiger partial charge is 0.462 e. The fourth-order valence-electron chi connectivity index (χ4n) is 8.13. The number of hydrogen-bond donors (Lipinski definition) is 3. The molecule has 0 aromatic rings. The van der Waals surface area contributed by atoms with Crippen LogP contribution in [0.1, 0.15) is 278 Å². The second-order valence-electron chi connectivity index (χ2n) is 18.3. The molecule has 0 aromatic carbocycles. The van der Waals surface area contributed by atoms with Gasteiger partial charge in [-0.3, -0.25) is 9.59 Å². The van der Waals surface area contributed by atoms with Crippen LogP contribution in [0.5, 0.6) is 0 Å². The third-order valence-corrected chi connectivity index (χ3v) is 12.2. The standard InChI is InChI=1S/C55H103NO5/c1-4-7-10-13-16-19-22-25-27-30-32-35-38-41-44-47-53(58)52(50-57)56-54(59)49-51(46-43-40-37-34-31-29-26-23-20-17-14-11-8-5-2)61-55(60)48-45-42-39-36-33-28-24-21-18-15-12-9-6-3/h28-29,31,33-34,37,51-53,57-58H,4-27,30,32,35-36,38-50H2,1-3H3,(H,56,59)/b31-29+,33-28-,37-34+. The van der Waals surface area contributed by atoms with E-state index in [0.29, 0.717) is 19.3 Å². The van der Waals surface area contributed by atoms with E-state index in [1.165, 1.54) is 161 Å². The molecule has 61 heavy (non-hydrogen) atoms. The first-order chi connectivity index (χ1) is 30.0. The Hall–Kier alpha value is -1.92. The first-order valence-electron chi connectivity index (χ1n) is 26.7. The third-order valence-electron chi connectivity index (χ3n) is 12.2. The van der Waals surface area contributed by atoms with Crippen LogP contribution in [-0.2, 0) is 14.3 Å². The van der Waals surface area contributed by atoms with Gasteiger partial charge >= 0.3 is 5.97 Å². The molecular formula is C55H103NO5.